The lowest BCUT2D eigenvalue weighted by Crippen LogP contribution is -2.71. The zero-order chi connectivity index (χ0) is 26.4. The maximum absolute atomic E-state index is 12.0. The van der Waals surface area contributed by atoms with Gasteiger partial charge in [0.25, 0.3) is 0 Å². The molecule has 0 spiro atoms. The summed E-state index contributed by atoms with van der Waals surface area (Å²) in [6, 6.07) is 1.34. The molecule has 7 nitrogen and oxygen atoms in total. The molecule has 4 rings (SSSR count). The van der Waals surface area contributed by atoms with Gasteiger partial charge in [-0.3, -0.25) is 4.90 Å². The number of phenolic OH excluding ortho intramolecular Hbond substituents is 1. The lowest BCUT2D eigenvalue weighted by molar-refractivity contribution is 0.0245. The third-order valence-corrected chi connectivity index (χ3v) is 8.53. The lowest BCUT2D eigenvalue weighted by Gasteiger charge is -2.60. The van der Waals surface area contributed by atoms with Crippen LogP contribution < -0.4 is 16.4 Å². The zero-order valence-electron chi connectivity index (χ0n) is 21.7. The number of allylic oxidation sites excluding steroid dienone is 3. The molecule has 7 N–H and O–H groups in total. The van der Waals surface area contributed by atoms with E-state index in [1.165, 1.54) is 0 Å². The topological polar surface area (TPSA) is 119 Å². The van der Waals surface area contributed by atoms with Gasteiger partial charge in [0, 0.05) is 42.2 Å². The van der Waals surface area contributed by atoms with Crippen LogP contribution in [0.15, 0.2) is 59.7 Å². The van der Waals surface area contributed by atoms with E-state index >= 15 is 0 Å². The predicted octanol–water partition coefficient (Wildman–Crippen LogP) is 3.66. The predicted molar refractivity (Wildman–Crippen MR) is 142 cm³/mol. The summed E-state index contributed by atoms with van der Waals surface area (Å²) in [5.74, 6) is 0.0779. The van der Waals surface area contributed by atoms with Gasteiger partial charge in [0.2, 0.25) is 0 Å². The van der Waals surface area contributed by atoms with E-state index in [4.69, 9.17) is 11.5 Å². The van der Waals surface area contributed by atoms with Crippen molar-refractivity contribution in [1.29, 1.82) is 0 Å². The molecule has 0 saturated heterocycles. The molecule has 188 valence electrons. The van der Waals surface area contributed by atoms with E-state index in [2.05, 4.69) is 19.7 Å². The third-order valence-electron chi connectivity index (χ3n) is 8.53. The minimum atomic E-state index is -1.15. The van der Waals surface area contributed by atoms with Crippen molar-refractivity contribution in [3.63, 3.8) is 0 Å². The molecule has 3 aliphatic rings. The number of anilines is 1. The minimum Gasteiger partial charge on any atom is -0.511 e. The van der Waals surface area contributed by atoms with Crippen molar-refractivity contribution in [2.75, 3.05) is 33.1 Å². The summed E-state index contributed by atoms with van der Waals surface area (Å²) in [6.07, 6.45) is 1.02. The fourth-order valence-corrected chi connectivity index (χ4v) is 6.76. The van der Waals surface area contributed by atoms with Gasteiger partial charge in [-0.1, -0.05) is 19.7 Å². The summed E-state index contributed by atoms with van der Waals surface area (Å²) < 4.78 is 0. The number of aliphatic hydroxyl groups is 2. The molecule has 1 aromatic rings. The van der Waals surface area contributed by atoms with Crippen LogP contribution in [0.25, 0.3) is 5.57 Å². The summed E-state index contributed by atoms with van der Waals surface area (Å²) in [4.78, 5) is 3.88. The van der Waals surface area contributed by atoms with E-state index in [0.717, 1.165) is 16.8 Å². The standard InChI is InChI=1S/C28H38N4O3/c1-13-10-19(31(6)7)18-11-17-12-28(30)25(32(8)9)24(34)22(16(4)29)15(3)27(28,5)26(35)20(17)14(2)21(18)23(13)33/h10,17,25,33-35H,2-4,11-12,29-30H2,1,5-9H3/t17-,25?,27-,28+/m0/s1. The van der Waals surface area contributed by atoms with E-state index in [9.17, 15) is 15.3 Å². The molecular weight excluding hydrogens is 440 g/mol. The van der Waals surface area contributed by atoms with Gasteiger partial charge in [-0.15, -0.1) is 0 Å². The number of fused-ring (bicyclic) bond motifs is 3. The number of benzene rings is 1. The molecule has 0 aromatic heterocycles. The van der Waals surface area contributed by atoms with Gasteiger partial charge >= 0.3 is 0 Å². The second-order valence-electron chi connectivity index (χ2n) is 11.0. The summed E-state index contributed by atoms with van der Waals surface area (Å²) in [7, 11) is 7.63. The Morgan fingerprint density at radius 3 is 2.26 bits per heavy atom. The van der Waals surface area contributed by atoms with Crippen LogP contribution >= 0.6 is 0 Å². The first-order chi connectivity index (χ1) is 16.1. The van der Waals surface area contributed by atoms with Crippen molar-refractivity contribution in [1.82, 2.24) is 4.90 Å². The number of nitrogens with two attached hydrogens (primary N) is 2. The second-order valence-corrected chi connectivity index (χ2v) is 11.0. The maximum atomic E-state index is 12.0. The van der Waals surface area contributed by atoms with Crippen LogP contribution in [0.2, 0.25) is 0 Å². The monoisotopic (exact) mass is 478 g/mol. The number of hydrogen-bond donors (Lipinski definition) is 5. The smallest absolute Gasteiger partial charge is 0.126 e. The molecule has 0 saturated carbocycles. The molecular formula is C28H38N4O3. The fourth-order valence-electron chi connectivity index (χ4n) is 6.76. The van der Waals surface area contributed by atoms with Crippen LogP contribution in [0, 0.1) is 18.3 Å². The van der Waals surface area contributed by atoms with Crippen LogP contribution in [0.5, 0.6) is 5.75 Å². The molecule has 35 heavy (non-hydrogen) atoms. The van der Waals surface area contributed by atoms with Gasteiger partial charge in [-0.05, 0) is 75.0 Å². The van der Waals surface area contributed by atoms with Gasteiger partial charge < -0.3 is 31.7 Å². The summed E-state index contributed by atoms with van der Waals surface area (Å²) >= 11 is 0. The minimum absolute atomic E-state index is 0.0148. The molecule has 7 heteroatoms. The highest BCUT2D eigenvalue weighted by molar-refractivity contribution is 5.90. The van der Waals surface area contributed by atoms with Gasteiger partial charge in [-0.2, -0.15) is 0 Å². The molecule has 1 unspecified atom stereocenters. The Balaban J connectivity index is 2.05. The normalized spacial score (nSPS) is 30.3. The second kappa shape index (κ2) is 7.67. The Hall–Kier alpha value is -3.16. The first kappa shape index (κ1) is 24.9. The molecule has 0 radical (unpaired) electrons. The maximum Gasteiger partial charge on any atom is 0.126 e. The Bertz CT molecular complexity index is 1260. The Labute approximate surface area is 208 Å². The van der Waals surface area contributed by atoms with Crippen molar-refractivity contribution in [2.24, 2.45) is 22.8 Å². The van der Waals surface area contributed by atoms with E-state index in [0.29, 0.717) is 40.7 Å². The molecule has 0 aliphatic heterocycles. The van der Waals surface area contributed by atoms with Crippen LogP contribution in [0.3, 0.4) is 0 Å². The average molecular weight is 479 g/mol. The van der Waals surface area contributed by atoms with E-state index in [-0.39, 0.29) is 28.9 Å². The van der Waals surface area contributed by atoms with Crippen molar-refractivity contribution in [2.45, 2.75) is 38.3 Å². The molecule has 0 fully saturated rings. The van der Waals surface area contributed by atoms with Crippen molar-refractivity contribution >= 4 is 11.3 Å². The van der Waals surface area contributed by atoms with Crippen molar-refractivity contribution < 1.29 is 15.3 Å². The third kappa shape index (κ3) is 2.98. The Morgan fingerprint density at radius 2 is 1.74 bits per heavy atom. The largest absolute Gasteiger partial charge is 0.511 e. The fraction of sp³-hybridized carbons (Fsp3) is 0.429. The quantitative estimate of drug-likeness (QED) is 0.450. The molecule has 0 bridgehead atoms. The first-order valence-corrected chi connectivity index (χ1v) is 11.8. The number of phenols is 1. The van der Waals surface area contributed by atoms with Crippen LogP contribution in [0.1, 0.15) is 30.0 Å². The SMILES string of the molecule is C=C(N)C1=C(O)C(N(C)C)[C@]2(N)C[C@@H]3Cc4c(N(C)C)cc(C)c(O)c4C(=C)C3=C(O)[C@]2(C)C1=C. The zero-order valence-corrected chi connectivity index (χ0v) is 21.7. The molecule has 4 atom stereocenters. The highest BCUT2D eigenvalue weighted by Gasteiger charge is 2.64. The first-order valence-electron chi connectivity index (χ1n) is 11.8. The number of hydrogen-bond acceptors (Lipinski definition) is 7. The van der Waals surface area contributed by atoms with E-state index in [1.807, 2.05) is 57.9 Å². The van der Waals surface area contributed by atoms with Gasteiger partial charge in [-0.25, -0.2) is 0 Å². The molecule has 3 aliphatic carbocycles. The number of aliphatic hydroxyl groups excluding tert-OH is 2. The van der Waals surface area contributed by atoms with Crippen LogP contribution in [0.4, 0.5) is 5.69 Å². The summed E-state index contributed by atoms with van der Waals surface area (Å²) in [5, 5.41) is 34.4. The highest BCUT2D eigenvalue weighted by Crippen LogP contribution is 2.63. The molecule has 0 amide bonds. The number of likely N-dealkylation sites (N-methyl/N-ethyl adjacent to an activating group) is 1. The van der Waals surface area contributed by atoms with Crippen molar-refractivity contribution in [3.8, 4) is 5.75 Å². The molecule has 1 aromatic carbocycles. The van der Waals surface area contributed by atoms with Crippen LogP contribution in [-0.4, -0.2) is 60.0 Å². The average Bonchev–Trinajstić information content (AvgIpc) is 2.72. The number of nitrogens with zero attached hydrogens (tertiary/aromatic N) is 2. The van der Waals surface area contributed by atoms with Gasteiger partial charge in [0.15, 0.2) is 0 Å². The Kier molecular flexibility index (Phi) is 5.47. The lowest BCUT2D eigenvalue weighted by atomic mass is 9.49. The number of rotatable bonds is 3. The Morgan fingerprint density at radius 1 is 1.14 bits per heavy atom. The van der Waals surface area contributed by atoms with E-state index in [1.54, 1.807) is 0 Å². The summed E-state index contributed by atoms with van der Waals surface area (Å²) in [5.41, 5.74) is 16.6. The number of aryl methyl sites for hydroxylation is 1. The van der Waals surface area contributed by atoms with Crippen molar-refractivity contribution in [3.05, 3.63) is 76.4 Å². The van der Waals surface area contributed by atoms with Crippen LogP contribution in [-0.2, 0) is 6.42 Å². The van der Waals surface area contributed by atoms with Gasteiger partial charge in [0.05, 0.1) is 17.0 Å². The van der Waals surface area contributed by atoms with E-state index < -0.39 is 17.0 Å². The highest BCUT2D eigenvalue weighted by atomic mass is 16.3. The summed E-state index contributed by atoms with van der Waals surface area (Å²) in [6.45, 7) is 16.2. The number of aromatic hydroxyl groups is 1. The molecule has 0 heterocycles. The van der Waals surface area contributed by atoms with Gasteiger partial charge in [0.1, 0.15) is 17.3 Å².